The number of rotatable bonds is 12. The Morgan fingerprint density at radius 3 is 0.895 bits per heavy atom. The molecule has 0 fully saturated rings. The van der Waals surface area contributed by atoms with E-state index in [0.29, 0.717) is 55.7 Å². The van der Waals surface area contributed by atoms with Gasteiger partial charge in [-0.1, -0.05) is 0 Å². The van der Waals surface area contributed by atoms with E-state index in [4.69, 9.17) is 18.9 Å². The topological polar surface area (TPSA) is 43.4 Å². The molecule has 0 N–H and O–H groups in total. The number of aryl methyl sites for hydroxylation is 2. The summed E-state index contributed by atoms with van der Waals surface area (Å²) in [5.74, 6) is -14.0. The van der Waals surface area contributed by atoms with Gasteiger partial charge in [0.25, 0.3) is 0 Å². The molecule has 0 saturated heterocycles. The van der Waals surface area contributed by atoms with Crippen LogP contribution in [-0.2, 0) is 0 Å². The van der Waals surface area contributed by atoms with Crippen LogP contribution >= 0.6 is 22.7 Å². The summed E-state index contributed by atoms with van der Waals surface area (Å²) >= 11 is 2.02. The standard InChI is InChI=1S/C43H36F6N2O4S2/c1-25-35(23-37(56-25)50(27-7-15-31(52-3)16-8-27)28-9-17-32(53-4)18-10-28)39-40(42(46,47)43(48,49)41(39,44)45)36-24-38(57-26(36)2)51(29-11-19-33(54-5)20-12-29)30-13-21-34(55-6)22-14-30/h7-24H,1-6H3. The van der Waals surface area contributed by atoms with Gasteiger partial charge in [-0.15, -0.1) is 22.7 Å². The molecule has 0 atom stereocenters. The molecule has 0 amide bonds. The lowest BCUT2D eigenvalue weighted by atomic mass is 9.95. The maximum absolute atomic E-state index is 16.3. The molecule has 0 aliphatic heterocycles. The average molecular weight is 823 g/mol. The summed E-state index contributed by atoms with van der Waals surface area (Å²) in [6.07, 6.45) is 0. The maximum atomic E-state index is 16.3. The number of thiophene rings is 2. The SMILES string of the molecule is COc1ccc(N(c2ccc(OC)cc2)c2cc(C3=C(c4cc(N(c5ccc(OC)cc5)c5ccc(OC)cc5)sc4C)C(F)(F)C(F)(F)C3(F)F)c(C)s2)cc1. The Hall–Kier alpha value is -5.60. The van der Waals surface area contributed by atoms with E-state index in [0.717, 1.165) is 22.7 Å². The molecule has 14 heteroatoms. The van der Waals surface area contributed by atoms with E-state index >= 15 is 26.3 Å². The van der Waals surface area contributed by atoms with E-state index in [1.807, 2.05) is 0 Å². The molecule has 2 aromatic heterocycles. The number of ether oxygens (including phenoxy) is 4. The summed E-state index contributed by atoms with van der Waals surface area (Å²) in [4.78, 5) is 3.73. The number of methoxy groups -OCH3 is 4. The second-order valence-corrected chi connectivity index (χ2v) is 15.5. The molecular formula is C43H36F6N2O4S2. The number of hydrogen-bond donors (Lipinski definition) is 0. The molecule has 0 spiro atoms. The quantitative estimate of drug-likeness (QED) is 0.115. The summed E-state index contributed by atoms with van der Waals surface area (Å²) in [7, 11) is 6.05. The molecular weight excluding hydrogens is 787 g/mol. The van der Waals surface area contributed by atoms with Crippen molar-refractivity contribution in [2.45, 2.75) is 31.6 Å². The zero-order valence-corrected chi connectivity index (χ0v) is 33.1. The van der Waals surface area contributed by atoms with Crippen LogP contribution in [0.15, 0.2) is 109 Å². The molecule has 296 valence electrons. The number of alkyl halides is 6. The van der Waals surface area contributed by atoms with E-state index < -0.39 is 40.0 Å². The zero-order chi connectivity index (χ0) is 40.9. The van der Waals surface area contributed by atoms with Gasteiger partial charge in [0.1, 0.15) is 33.0 Å². The largest absolute Gasteiger partial charge is 0.497 e. The normalized spacial score (nSPS) is 15.4. The minimum absolute atomic E-state index is 0.142. The van der Waals surface area contributed by atoms with Gasteiger partial charge in [0, 0.05) is 54.8 Å². The van der Waals surface area contributed by atoms with Gasteiger partial charge in [0.05, 0.1) is 28.4 Å². The van der Waals surface area contributed by atoms with Crippen LogP contribution < -0.4 is 28.7 Å². The molecule has 4 aromatic carbocycles. The summed E-state index contributed by atoms with van der Waals surface area (Å²) in [6, 6.07) is 30.1. The highest BCUT2D eigenvalue weighted by Gasteiger charge is 2.80. The van der Waals surface area contributed by atoms with Crippen LogP contribution in [0.4, 0.5) is 59.1 Å². The molecule has 0 radical (unpaired) electrons. The second-order valence-electron chi connectivity index (χ2n) is 13.0. The summed E-state index contributed by atoms with van der Waals surface area (Å²) < 4.78 is 118. The van der Waals surface area contributed by atoms with Crippen molar-refractivity contribution in [3.8, 4) is 23.0 Å². The Morgan fingerprint density at radius 2 is 0.667 bits per heavy atom. The highest BCUT2D eigenvalue weighted by molar-refractivity contribution is 7.17. The molecule has 7 rings (SSSR count). The van der Waals surface area contributed by atoms with Gasteiger partial charge < -0.3 is 28.7 Å². The monoisotopic (exact) mass is 822 g/mol. The van der Waals surface area contributed by atoms with Crippen LogP contribution in [0.25, 0.3) is 11.1 Å². The molecule has 6 nitrogen and oxygen atoms in total. The minimum Gasteiger partial charge on any atom is -0.497 e. The van der Waals surface area contributed by atoms with E-state index in [-0.39, 0.29) is 9.75 Å². The molecule has 0 unspecified atom stereocenters. The molecule has 0 bridgehead atoms. The molecule has 6 aromatic rings. The minimum atomic E-state index is -5.74. The van der Waals surface area contributed by atoms with Crippen LogP contribution in [0.3, 0.4) is 0 Å². The lowest BCUT2D eigenvalue weighted by Gasteiger charge is -2.26. The maximum Gasteiger partial charge on any atom is 0.380 e. The highest BCUT2D eigenvalue weighted by atomic mass is 32.1. The van der Waals surface area contributed by atoms with Crippen molar-refractivity contribution in [3.05, 3.63) is 130 Å². The highest BCUT2D eigenvalue weighted by Crippen LogP contribution is 2.66. The number of nitrogens with zero attached hydrogens (tertiary/aromatic N) is 2. The predicted molar refractivity (Wildman–Crippen MR) is 215 cm³/mol. The first-order valence-corrected chi connectivity index (χ1v) is 19.1. The molecule has 57 heavy (non-hydrogen) atoms. The van der Waals surface area contributed by atoms with Crippen LogP contribution in [0.2, 0.25) is 0 Å². The molecule has 1 aliphatic carbocycles. The average Bonchev–Trinajstić information content (AvgIpc) is 3.80. The number of benzene rings is 4. The van der Waals surface area contributed by atoms with Gasteiger partial charge in [0.15, 0.2) is 0 Å². The van der Waals surface area contributed by atoms with Crippen LogP contribution in [0.5, 0.6) is 23.0 Å². The van der Waals surface area contributed by atoms with Gasteiger partial charge in [-0.2, -0.15) is 26.3 Å². The Kier molecular flexibility index (Phi) is 10.5. The Bertz CT molecular complexity index is 2150. The fourth-order valence-electron chi connectivity index (χ4n) is 6.81. The summed E-state index contributed by atoms with van der Waals surface area (Å²) in [5.41, 5.74) is -1.36. The molecule has 1 aliphatic rings. The second kappa shape index (κ2) is 15.1. The first-order chi connectivity index (χ1) is 27.2. The first-order valence-electron chi connectivity index (χ1n) is 17.4. The number of halogens is 6. The van der Waals surface area contributed by atoms with Crippen molar-refractivity contribution < 1.29 is 45.3 Å². The van der Waals surface area contributed by atoms with Gasteiger partial charge in [0.2, 0.25) is 0 Å². The smallest absolute Gasteiger partial charge is 0.380 e. The Balaban J connectivity index is 1.43. The Labute approximate surface area is 333 Å². The fourth-order valence-corrected chi connectivity index (χ4v) is 8.94. The van der Waals surface area contributed by atoms with Crippen molar-refractivity contribution in [1.29, 1.82) is 0 Å². The van der Waals surface area contributed by atoms with Gasteiger partial charge in [-0.25, -0.2) is 0 Å². The fraction of sp³-hybridized carbons (Fsp3) is 0.209. The molecule has 2 heterocycles. The summed E-state index contributed by atoms with van der Waals surface area (Å²) in [6.45, 7) is 2.92. The van der Waals surface area contributed by atoms with Crippen molar-refractivity contribution >= 4 is 66.6 Å². The van der Waals surface area contributed by atoms with Gasteiger partial charge >= 0.3 is 17.8 Å². The molecule has 0 saturated carbocycles. The van der Waals surface area contributed by atoms with Crippen LogP contribution in [-0.4, -0.2) is 46.2 Å². The third-order valence-corrected chi connectivity index (χ3v) is 11.8. The van der Waals surface area contributed by atoms with Gasteiger partial charge in [-0.05, 0) is 123 Å². The lowest BCUT2D eigenvalue weighted by Crippen LogP contribution is -2.48. The van der Waals surface area contributed by atoms with Crippen molar-refractivity contribution in [2.75, 3.05) is 38.2 Å². The number of anilines is 6. The van der Waals surface area contributed by atoms with E-state index in [1.165, 1.54) is 54.4 Å². The Morgan fingerprint density at radius 1 is 0.421 bits per heavy atom. The van der Waals surface area contributed by atoms with Crippen molar-refractivity contribution in [1.82, 2.24) is 0 Å². The first kappa shape index (κ1) is 39.6. The van der Waals surface area contributed by atoms with Crippen molar-refractivity contribution in [3.63, 3.8) is 0 Å². The summed E-state index contributed by atoms with van der Waals surface area (Å²) in [5, 5.41) is 0.652. The number of allylic oxidation sites excluding steroid dienone is 2. The van der Waals surface area contributed by atoms with Crippen LogP contribution in [0, 0.1) is 13.8 Å². The van der Waals surface area contributed by atoms with E-state index in [9.17, 15) is 0 Å². The lowest BCUT2D eigenvalue weighted by molar-refractivity contribution is -0.254. The third-order valence-electron chi connectivity index (χ3n) is 9.78. The van der Waals surface area contributed by atoms with Crippen molar-refractivity contribution in [2.24, 2.45) is 0 Å². The van der Waals surface area contributed by atoms with E-state index in [2.05, 4.69) is 0 Å². The zero-order valence-electron chi connectivity index (χ0n) is 31.5. The predicted octanol–water partition coefficient (Wildman–Crippen LogP) is 13.2. The van der Waals surface area contributed by atoms with Crippen LogP contribution in [0.1, 0.15) is 20.9 Å². The number of hydrogen-bond acceptors (Lipinski definition) is 8. The van der Waals surface area contributed by atoms with Gasteiger partial charge in [-0.3, -0.25) is 0 Å². The van der Waals surface area contributed by atoms with E-state index in [1.54, 1.807) is 107 Å². The third kappa shape index (κ3) is 6.74.